The molecule has 0 saturated carbocycles. The van der Waals surface area contributed by atoms with Crippen LogP contribution in [0, 0.1) is 0 Å². The summed E-state index contributed by atoms with van der Waals surface area (Å²) >= 11 is 0. The van der Waals surface area contributed by atoms with Gasteiger partial charge in [-0.15, -0.1) is 0 Å². The third kappa shape index (κ3) is 4.38. The lowest BCUT2D eigenvalue weighted by atomic mass is 10.0. The molecule has 26 heavy (non-hydrogen) atoms. The standard InChI is InChI=1S/C20H22O5S/c1-4-15-10-12-16(13-11-15)19(21)14(3)25-20(22)17-8-6-7-9-18(17)26(23,24)5-2/h6-14H,4-5H2,1-3H3/t14-/m0/s1. The van der Waals surface area contributed by atoms with Crippen molar-refractivity contribution in [2.45, 2.75) is 38.2 Å². The van der Waals surface area contributed by atoms with Gasteiger partial charge in [-0.2, -0.15) is 0 Å². The summed E-state index contributed by atoms with van der Waals surface area (Å²) in [6.07, 6.45) is -0.158. The number of ether oxygens (including phenoxy) is 1. The van der Waals surface area contributed by atoms with E-state index in [1.165, 1.54) is 26.0 Å². The summed E-state index contributed by atoms with van der Waals surface area (Å²) in [6.45, 7) is 5.00. The Morgan fingerprint density at radius 1 is 1.00 bits per heavy atom. The molecule has 0 bridgehead atoms. The van der Waals surface area contributed by atoms with Crippen LogP contribution in [0.25, 0.3) is 0 Å². The molecule has 2 aromatic rings. The summed E-state index contributed by atoms with van der Waals surface area (Å²) in [5.41, 5.74) is 1.48. The molecule has 0 saturated heterocycles. The molecule has 0 spiro atoms. The highest BCUT2D eigenvalue weighted by molar-refractivity contribution is 7.91. The fourth-order valence-corrected chi connectivity index (χ4v) is 3.56. The van der Waals surface area contributed by atoms with Gasteiger partial charge in [-0.1, -0.05) is 50.2 Å². The number of ketones is 1. The number of benzene rings is 2. The van der Waals surface area contributed by atoms with Crippen LogP contribution in [-0.4, -0.2) is 32.0 Å². The SMILES string of the molecule is CCc1ccc(C(=O)[C@H](C)OC(=O)c2ccccc2S(=O)(=O)CC)cc1. The second-order valence-corrected chi connectivity index (χ2v) is 8.11. The molecule has 2 rings (SSSR count). The molecule has 5 nitrogen and oxygen atoms in total. The molecule has 138 valence electrons. The minimum Gasteiger partial charge on any atom is -0.451 e. The third-order valence-corrected chi connectivity index (χ3v) is 5.91. The van der Waals surface area contributed by atoms with Gasteiger partial charge in [-0.3, -0.25) is 4.79 Å². The summed E-state index contributed by atoms with van der Waals surface area (Å²) in [5, 5.41) is 0. The van der Waals surface area contributed by atoms with Gasteiger partial charge in [0.2, 0.25) is 5.78 Å². The Hall–Kier alpha value is -2.47. The highest BCUT2D eigenvalue weighted by Crippen LogP contribution is 2.19. The van der Waals surface area contributed by atoms with Crippen molar-refractivity contribution in [2.24, 2.45) is 0 Å². The lowest BCUT2D eigenvalue weighted by molar-refractivity contribution is 0.0315. The highest BCUT2D eigenvalue weighted by Gasteiger charge is 2.25. The average molecular weight is 374 g/mol. The van der Waals surface area contributed by atoms with Crippen molar-refractivity contribution >= 4 is 21.6 Å². The number of carbonyl (C=O) groups is 2. The van der Waals surface area contributed by atoms with E-state index in [0.29, 0.717) is 5.56 Å². The Balaban J connectivity index is 2.20. The molecule has 0 fully saturated rings. The quantitative estimate of drug-likeness (QED) is 0.548. The topological polar surface area (TPSA) is 77.5 Å². The van der Waals surface area contributed by atoms with Crippen molar-refractivity contribution in [2.75, 3.05) is 5.75 Å². The van der Waals surface area contributed by atoms with E-state index in [-0.39, 0.29) is 22.0 Å². The van der Waals surface area contributed by atoms with Crippen LogP contribution in [-0.2, 0) is 21.0 Å². The van der Waals surface area contributed by atoms with E-state index >= 15 is 0 Å². The smallest absolute Gasteiger partial charge is 0.340 e. The lowest BCUT2D eigenvalue weighted by Crippen LogP contribution is -2.25. The number of hydrogen-bond acceptors (Lipinski definition) is 5. The monoisotopic (exact) mass is 374 g/mol. The number of esters is 1. The van der Waals surface area contributed by atoms with Crippen LogP contribution in [0.15, 0.2) is 53.4 Å². The van der Waals surface area contributed by atoms with Crippen molar-refractivity contribution < 1.29 is 22.7 Å². The van der Waals surface area contributed by atoms with E-state index in [9.17, 15) is 18.0 Å². The molecule has 2 aromatic carbocycles. The second kappa shape index (κ2) is 8.27. The molecule has 0 heterocycles. The molecule has 0 radical (unpaired) electrons. The largest absolute Gasteiger partial charge is 0.451 e. The molecular formula is C20H22O5S. The van der Waals surface area contributed by atoms with Crippen LogP contribution in [0.5, 0.6) is 0 Å². The highest BCUT2D eigenvalue weighted by atomic mass is 32.2. The first-order valence-electron chi connectivity index (χ1n) is 8.46. The Kier molecular flexibility index (Phi) is 6.32. The van der Waals surface area contributed by atoms with E-state index in [1.54, 1.807) is 24.3 Å². The maximum atomic E-state index is 12.5. The number of sulfone groups is 1. The molecule has 0 aliphatic rings. The summed E-state index contributed by atoms with van der Waals surface area (Å²) < 4.78 is 29.5. The fourth-order valence-electron chi connectivity index (χ4n) is 2.48. The Morgan fingerprint density at radius 3 is 2.19 bits per heavy atom. The van der Waals surface area contributed by atoms with Gasteiger partial charge in [0.15, 0.2) is 15.9 Å². The van der Waals surface area contributed by atoms with Crippen molar-refractivity contribution in [3.63, 3.8) is 0 Å². The first-order chi connectivity index (χ1) is 12.3. The number of aryl methyl sites for hydroxylation is 1. The molecule has 0 aliphatic carbocycles. The van der Waals surface area contributed by atoms with Crippen molar-refractivity contribution in [3.8, 4) is 0 Å². The predicted molar refractivity (Wildman–Crippen MR) is 99.2 cm³/mol. The van der Waals surface area contributed by atoms with Gasteiger partial charge in [-0.25, -0.2) is 13.2 Å². The minimum absolute atomic E-state index is 0.0599. The number of rotatable bonds is 7. The van der Waals surface area contributed by atoms with Crippen LogP contribution in [0.4, 0.5) is 0 Å². The van der Waals surface area contributed by atoms with E-state index in [2.05, 4.69) is 0 Å². The summed E-state index contributed by atoms with van der Waals surface area (Å²) in [4.78, 5) is 24.8. The summed E-state index contributed by atoms with van der Waals surface area (Å²) in [6, 6.07) is 13.0. The minimum atomic E-state index is -3.58. The average Bonchev–Trinajstić information content (AvgIpc) is 2.67. The zero-order valence-electron chi connectivity index (χ0n) is 15.1. The van der Waals surface area contributed by atoms with E-state index in [1.807, 2.05) is 19.1 Å². The Morgan fingerprint density at radius 2 is 1.62 bits per heavy atom. The van der Waals surface area contributed by atoms with Gasteiger partial charge in [0.05, 0.1) is 16.2 Å². The first-order valence-corrected chi connectivity index (χ1v) is 10.1. The number of carbonyl (C=O) groups excluding carboxylic acids is 2. The maximum absolute atomic E-state index is 12.5. The van der Waals surface area contributed by atoms with Crippen LogP contribution in [0.1, 0.15) is 47.1 Å². The Labute approximate surface area is 153 Å². The molecule has 1 atom stereocenters. The number of Topliss-reactive ketones (excluding diaryl/α,β-unsaturated/α-hetero) is 1. The summed E-state index contributed by atoms with van der Waals surface area (Å²) in [5.74, 6) is -1.30. The zero-order valence-corrected chi connectivity index (χ0v) is 15.9. The molecule has 6 heteroatoms. The van der Waals surface area contributed by atoms with Gasteiger partial charge in [0.25, 0.3) is 0 Å². The molecule has 0 N–H and O–H groups in total. The van der Waals surface area contributed by atoms with Gasteiger partial charge >= 0.3 is 5.97 Å². The van der Waals surface area contributed by atoms with Crippen LogP contribution in [0.2, 0.25) is 0 Å². The van der Waals surface area contributed by atoms with Crippen LogP contribution >= 0.6 is 0 Å². The first kappa shape index (κ1) is 19.8. The predicted octanol–water partition coefficient (Wildman–Crippen LogP) is 3.47. The maximum Gasteiger partial charge on any atom is 0.340 e. The van der Waals surface area contributed by atoms with Gasteiger partial charge in [0.1, 0.15) is 0 Å². The van der Waals surface area contributed by atoms with Crippen LogP contribution < -0.4 is 0 Å². The van der Waals surface area contributed by atoms with Crippen molar-refractivity contribution in [3.05, 3.63) is 65.2 Å². The fraction of sp³-hybridized carbons (Fsp3) is 0.300. The van der Waals surface area contributed by atoms with Gasteiger partial charge in [0, 0.05) is 5.56 Å². The summed E-state index contributed by atoms with van der Waals surface area (Å²) in [7, 11) is -3.58. The van der Waals surface area contributed by atoms with Crippen molar-refractivity contribution in [1.29, 1.82) is 0 Å². The lowest BCUT2D eigenvalue weighted by Gasteiger charge is -2.14. The second-order valence-electron chi connectivity index (χ2n) is 5.86. The van der Waals surface area contributed by atoms with E-state index < -0.39 is 21.9 Å². The number of hydrogen-bond donors (Lipinski definition) is 0. The van der Waals surface area contributed by atoms with Gasteiger partial charge < -0.3 is 4.74 Å². The van der Waals surface area contributed by atoms with Gasteiger partial charge in [-0.05, 0) is 31.0 Å². The van der Waals surface area contributed by atoms with Crippen LogP contribution in [0.3, 0.4) is 0 Å². The molecular weight excluding hydrogens is 352 g/mol. The van der Waals surface area contributed by atoms with Crippen molar-refractivity contribution in [1.82, 2.24) is 0 Å². The Bertz CT molecular complexity index is 898. The molecule has 0 aliphatic heterocycles. The zero-order chi connectivity index (χ0) is 19.3. The van der Waals surface area contributed by atoms with E-state index in [0.717, 1.165) is 12.0 Å². The molecule has 0 amide bonds. The third-order valence-electron chi connectivity index (χ3n) is 4.12. The van der Waals surface area contributed by atoms with E-state index in [4.69, 9.17) is 4.74 Å². The normalized spacial score (nSPS) is 12.4. The molecule has 0 unspecified atom stereocenters. The molecule has 0 aromatic heterocycles.